The van der Waals surface area contributed by atoms with Crippen molar-refractivity contribution in [1.82, 2.24) is 24.7 Å². The average Bonchev–Trinajstić information content (AvgIpc) is 2.97. The molecule has 0 saturated carbocycles. The predicted molar refractivity (Wildman–Crippen MR) is 150 cm³/mol. The molecule has 2 aromatic carbocycles. The first kappa shape index (κ1) is 27.8. The van der Waals surface area contributed by atoms with Crippen LogP contribution in [0.4, 0.5) is 16.2 Å². The van der Waals surface area contributed by atoms with Gasteiger partial charge < -0.3 is 24.7 Å². The first-order chi connectivity index (χ1) is 19.4. The number of fused-ring (bicyclic) bond motifs is 1. The highest BCUT2D eigenvalue weighted by Gasteiger charge is 2.22. The van der Waals surface area contributed by atoms with E-state index in [4.69, 9.17) is 25.2 Å². The van der Waals surface area contributed by atoms with E-state index in [9.17, 15) is 8.76 Å². The monoisotopic (exact) mass is 566 g/mol. The third kappa shape index (κ3) is 6.17. The molecule has 210 valence electrons. The molecular weight excluding hydrogens is 537 g/mol. The van der Waals surface area contributed by atoms with Gasteiger partial charge in [0.1, 0.15) is 22.9 Å². The van der Waals surface area contributed by atoms with Gasteiger partial charge in [-0.05, 0) is 42.5 Å². The van der Waals surface area contributed by atoms with Gasteiger partial charge in [0, 0.05) is 54.2 Å². The van der Waals surface area contributed by atoms with Crippen LogP contribution < -0.4 is 20.1 Å². The highest BCUT2D eigenvalue weighted by molar-refractivity contribution is 7.77. The van der Waals surface area contributed by atoms with Crippen LogP contribution in [0.25, 0.3) is 33.4 Å². The maximum Gasteiger partial charge on any atom is 0.219 e. The normalized spacial score (nSPS) is 14.4. The zero-order chi connectivity index (χ0) is 28.1. The lowest BCUT2D eigenvalue weighted by atomic mass is 9.97. The lowest BCUT2D eigenvalue weighted by Crippen LogP contribution is -2.37. The Bertz CT molecular complexity index is 1520. The molecule has 40 heavy (non-hydrogen) atoms. The van der Waals surface area contributed by atoms with E-state index < -0.39 is 11.3 Å². The molecule has 3 heterocycles. The number of ether oxygens (including phenoxy) is 2. The van der Waals surface area contributed by atoms with Crippen LogP contribution in [0.5, 0.6) is 5.75 Å². The molecule has 5 rings (SSSR count). The minimum Gasteiger partial charge on any atom is -0.760 e. The van der Waals surface area contributed by atoms with Crippen molar-refractivity contribution in [2.24, 2.45) is 0 Å². The summed E-state index contributed by atoms with van der Waals surface area (Å²) in [6.07, 6.45) is 4.86. The maximum atomic E-state index is 15.8. The summed E-state index contributed by atoms with van der Waals surface area (Å²) in [7, 11) is 1.55. The Morgan fingerprint density at radius 3 is 2.65 bits per heavy atom. The molecular formula is C27H29FN7O4S-. The number of methoxy groups -OCH3 is 1. The third-order valence-corrected chi connectivity index (χ3v) is 7.13. The molecule has 0 amide bonds. The fraction of sp³-hybridized carbons (Fsp3) is 0.333. The molecule has 1 aliphatic rings. The number of nitrogens with zero attached hydrogens (tertiary/aromatic N) is 5. The molecule has 1 unspecified atom stereocenters. The number of hydrogen-bond acceptors (Lipinski definition) is 10. The van der Waals surface area contributed by atoms with Crippen LogP contribution in [0.15, 0.2) is 42.7 Å². The number of anilines is 2. The number of benzene rings is 2. The molecule has 0 aliphatic carbocycles. The average molecular weight is 567 g/mol. The van der Waals surface area contributed by atoms with Crippen LogP contribution in [-0.4, -0.2) is 68.7 Å². The number of hydrogen-bond donors (Lipinski definition) is 2. The lowest BCUT2D eigenvalue weighted by Gasteiger charge is -2.29. The second-order valence-electron chi connectivity index (χ2n) is 9.24. The van der Waals surface area contributed by atoms with E-state index in [2.05, 4.69) is 19.6 Å². The van der Waals surface area contributed by atoms with Crippen molar-refractivity contribution < 1.29 is 22.6 Å². The molecule has 3 N–H and O–H groups in total. The van der Waals surface area contributed by atoms with Crippen molar-refractivity contribution >= 4 is 33.9 Å². The van der Waals surface area contributed by atoms with Gasteiger partial charge in [-0.2, -0.15) is 0 Å². The zero-order valence-electron chi connectivity index (χ0n) is 21.9. The summed E-state index contributed by atoms with van der Waals surface area (Å²) in [4.78, 5) is 20.0. The molecule has 0 bridgehead atoms. The smallest absolute Gasteiger partial charge is 0.219 e. The Hall–Kier alpha value is -3.78. The van der Waals surface area contributed by atoms with Crippen LogP contribution in [0.2, 0.25) is 0 Å². The standard InChI is InChI=1S/C27H30FN7O4S/c1-38-22-14-18(20-7-4-6-17(23(20)28)5-2-3-8-32-40(36)37)13-21-24(22)33-25(19-15-30-27(29)31-16-19)34-26(21)35-9-11-39-12-10-35/h4,6-7,13-16,32H,2-3,5,8-12H2,1H3,(H,36,37)(H2,29,30,31)/p-1. The molecule has 1 fully saturated rings. The van der Waals surface area contributed by atoms with Gasteiger partial charge in [0.15, 0.2) is 5.82 Å². The van der Waals surface area contributed by atoms with Gasteiger partial charge in [-0.25, -0.2) is 29.0 Å². The highest BCUT2D eigenvalue weighted by atomic mass is 32.2. The van der Waals surface area contributed by atoms with Gasteiger partial charge >= 0.3 is 0 Å². The van der Waals surface area contributed by atoms with Crippen LogP contribution in [0, 0.1) is 5.82 Å². The Kier molecular flexibility index (Phi) is 8.75. The van der Waals surface area contributed by atoms with Crippen LogP contribution >= 0.6 is 0 Å². The van der Waals surface area contributed by atoms with E-state index in [0.717, 1.165) is 5.39 Å². The molecule has 0 radical (unpaired) electrons. The fourth-order valence-corrected chi connectivity index (χ4v) is 5.00. The van der Waals surface area contributed by atoms with Gasteiger partial charge in [0.2, 0.25) is 5.95 Å². The van der Waals surface area contributed by atoms with Crippen molar-refractivity contribution in [3.63, 3.8) is 0 Å². The second-order valence-corrected chi connectivity index (χ2v) is 10.00. The van der Waals surface area contributed by atoms with Gasteiger partial charge in [-0.3, -0.25) is 4.21 Å². The number of aromatic nitrogens is 4. The Morgan fingerprint density at radius 1 is 1.15 bits per heavy atom. The van der Waals surface area contributed by atoms with Gasteiger partial charge in [0.05, 0.1) is 25.9 Å². The topological polar surface area (TPSA) is 151 Å². The van der Waals surface area contributed by atoms with Crippen LogP contribution in [0.3, 0.4) is 0 Å². The molecule has 0 spiro atoms. The number of unbranched alkanes of at least 4 members (excludes halogenated alkanes) is 1. The summed E-state index contributed by atoms with van der Waals surface area (Å²) >= 11 is -2.30. The van der Waals surface area contributed by atoms with Crippen LogP contribution in [0.1, 0.15) is 18.4 Å². The second kappa shape index (κ2) is 12.6. The molecule has 2 aromatic heterocycles. The Morgan fingerprint density at radius 2 is 1.93 bits per heavy atom. The first-order valence-electron chi connectivity index (χ1n) is 12.9. The van der Waals surface area contributed by atoms with Crippen molar-refractivity contribution in [2.45, 2.75) is 19.3 Å². The summed E-state index contributed by atoms with van der Waals surface area (Å²) in [5.41, 5.74) is 8.48. The summed E-state index contributed by atoms with van der Waals surface area (Å²) < 4.78 is 50.7. The molecule has 1 atom stereocenters. The maximum absolute atomic E-state index is 15.8. The number of nitrogens with one attached hydrogen (secondary N) is 1. The fourth-order valence-electron chi connectivity index (χ4n) is 4.69. The highest BCUT2D eigenvalue weighted by Crippen LogP contribution is 2.38. The minimum absolute atomic E-state index is 0.153. The molecule has 4 aromatic rings. The summed E-state index contributed by atoms with van der Waals surface area (Å²) in [5, 5.41) is 0.720. The molecule has 1 saturated heterocycles. The SMILES string of the molecule is COc1cc(-c2cccc(CCCCNS(=O)[O-])c2F)cc2c(N3CCOCC3)nc(-c3cnc(N)nc3)nc12. The molecule has 1 aliphatic heterocycles. The van der Waals surface area contributed by atoms with E-state index in [0.29, 0.717) is 97.3 Å². The summed E-state index contributed by atoms with van der Waals surface area (Å²) in [6, 6.07) is 8.97. The van der Waals surface area contributed by atoms with E-state index in [1.807, 2.05) is 12.1 Å². The van der Waals surface area contributed by atoms with Crippen molar-refractivity contribution in [3.05, 3.63) is 54.1 Å². The van der Waals surface area contributed by atoms with Crippen molar-refractivity contribution in [1.29, 1.82) is 0 Å². The van der Waals surface area contributed by atoms with Gasteiger partial charge in [-0.15, -0.1) is 0 Å². The number of nitrogens with two attached hydrogens (primary N) is 1. The van der Waals surface area contributed by atoms with Gasteiger partial charge in [-0.1, -0.05) is 18.2 Å². The Labute approximate surface area is 233 Å². The van der Waals surface area contributed by atoms with E-state index in [1.54, 1.807) is 37.7 Å². The zero-order valence-corrected chi connectivity index (χ0v) is 22.7. The molecule has 13 heteroatoms. The first-order valence-corrected chi connectivity index (χ1v) is 13.9. The Balaban J connectivity index is 1.57. The summed E-state index contributed by atoms with van der Waals surface area (Å²) in [6.45, 7) is 2.69. The number of aryl methyl sites for hydroxylation is 1. The van der Waals surface area contributed by atoms with E-state index >= 15 is 4.39 Å². The largest absolute Gasteiger partial charge is 0.760 e. The van der Waals surface area contributed by atoms with Crippen molar-refractivity contribution in [3.8, 4) is 28.3 Å². The predicted octanol–water partition coefficient (Wildman–Crippen LogP) is 3.03. The van der Waals surface area contributed by atoms with E-state index in [-0.39, 0.29) is 11.8 Å². The molecule has 11 nitrogen and oxygen atoms in total. The van der Waals surface area contributed by atoms with E-state index in [1.165, 1.54) is 0 Å². The van der Waals surface area contributed by atoms with Gasteiger partial charge in [0.25, 0.3) is 0 Å². The quantitative estimate of drug-likeness (QED) is 0.216. The minimum atomic E-state index is -2.30. The third-order valence-electron chi connectivity index (χ3n) is 6.69. The number of halogens is 1. The van der Waals surface area contributed by atoms with Crippen molar-refractivity contribution in [2.75, 3.05) is 50.6 Å². The number of morpholine rings is 1. The lowest BCUT2D eigenvalue weighted by molar-refractivity contribution is 0.122. The number of nitrogen functional groups attached to an aromatic ring is 1. The number of rotatable bonds is 10. The summed E-state index contributed by atoms with van der Waals surface area (Å²) in [5.74, 6) is 1.40. The van der Waals surface area contributed by atoms with Crippen LogP contribution in [-0.2, 0) is 22.4 Å².